The highest BCUT2D eigenvalue weighted by Crippen LogP contribution is 2.33. The summed E-state index contributed by atoms with van der Waals surface area (Å²) < 4.78 is 25.4. The Hall–Kier alpha value is -4.61. The van der Waals surface area contributed by atoms with Gasteiger partial charge in [-0.05, 0) is 72.5 Å². The first-order valence-corrected chi connectivity index (χ1v) is 15.9. The molecule has 3 N–H and O–H groups in total. The quantitative estimate of drug-likeness (QED) is 0.133. The fourth-order valence-electron chi connectivity index (χ4n) is 4.62. The third-order valence-corrected chi connectivity index (χ3v) is 7.80. The van der Waals surface area contributed by atoms with Crippen LogP contribution in [0.3, 0.4) is 0 Å². The molecule has 0 unspecified atom stereocenters. The van der Waals surface area contributed by atoms with Crippen LogP contribution in [0.2, 0.25) is 5.02 Å². The molecule has 0 fully saturated rings. The molecule has 2 heterocycles. The Morgan fingerprint density at radius 2 is 1.93 bits per heavy atom. The van der Waals surface area contributed by atoms with E-state index in [1.807, 2.05) is 42.7 Å². The Morgan fingerprint density at radius 3 is 2.71 bits per heavy atom. The van der Waals surface area contributed by atoms with Crippen molar-refractivity contribution < 1.29 is 23.1 Å². The predicted molar refractivity (Wildman–Crippen MR) is 175 cm³/mol. The number of carbonyl (C=O) groups excluding carboxylic acids is 2. The molecule has 0 atom stereocenters. The van der Waals surface area contributed by atoms with Crippen molar-refractivity contribution in [2.45, 2.75) is 26.0 Å². The van der Waals surface area contributed by atoms with Crippen LogP contribution in [0.5, 0.6) is 5.75 Å². The van der Waals surface area contributed by atoms with Gasteiger partial charge in [-0.2, -0.15) is 11.8 Å². The average molecular weight is 648 g/mol. The van der Waals surface area contributed by atoms with Crippen LogP contribution >= 0.6 is 23.4 Å². The predicted octanol–water partition coefficient (Wildman–Crippen LogP) is 6.96. The summed E-state index contributed by atoms with van der Waals surface area (Å²) in [5.74, 6) is 2.06. The molecule has 0 radical (unpaired) electrons. The van der Waals surface area contributed by atoms with Crippen LogP contribution in [0.4, 0.5) is 15.9 Å². The minimum atomic E-state index is -0.505. The standard InChI is InChI=1S/C33H31ClFN5O4S/c1-45-14-13-40(32(42)12-11-31(36)41)18-25-7-10-29(44-25)22-5-8-28-26(16-22)33(38-20-37-28)39-24-6-9-30(27(34)17-24)43-19-21-3-2-4-23(35)15-21/h2-10,15-17,20H,11-14,18-19H2,1H3,(H2,36,41)(H,37,38,39). The molecule has 232 valence electrons. The van der Waals surface area contributed by atoms with Crippen LogP contribution in [0.1, 0.15) is 24.2 Å². The van der Waals surface area contributed by atoms with Crippen LogP contribution < -0.4 is 15.8 Å². The molecule has 3 aromatic carbocycles. The van der Waals surface area contributed by atoms with E-state index in [1.54, 1.807) is 40.9 Å². The summed E-state index contributed by atoms with van der Waals surface area (Å²) in [4.78, 5) is 34.4. The van der Waals surface area contributed by atoms with E-state index in [-0.39, 0.29) is 37.7 Å². The minimum absolute atomic E-state index is 0.00816. The average Bonchev–Trinajstić information content (AvgIpc) is 3.50. The zero-order valence-corrected chi connectivity index (χ0v) is 26.0. The second kappa shape index (κ2) is 14.9. The third kappa shape index (κ3) is 8.52. The number of fused-ring (bicyclic) bond motifs is 1. The maximum absolute atomic E-state index is 13.5. The number of nitrogens with one attached hydrogen (secondary N) is 1. The summed E-state index contributed by atoms with van der Waals surface area (Å²) in [6, 6.07) is 20.9. The Labute approximate surface area is 268 Å². The van der Waals surface area contributed by atoms with Crippen molar-refractivity contribution >= 4 is 57.6 Å². The number of hydrogen-bond donors (Lipinski definition) is 2. The molecule has 0 aliphatic heterocycles. The van der Waals surface area contributed by atoms with Gasteiger partial charge in [0.15, 0.2) is 0 Å². The Kier molecular flexibility index (Phi) is 10.5. The first-order valence-electron chi connectivity index (χ1n) is 14.1. The molecule has 0 saturated carbocycles. The van der Waals surface area contributed by atoms with Gasteiger partial charge in [-0.15, -0.1) is 0 Å². The number of furan rings is 1. The van der Waals surface area contributed by atoms with Gasteiger partial charge < -0.3 is 25.1 Å². The Balaban J connectivity index is 1.31. The molecule has 0 aliphatic carbocycles. The van der Waals surface area contributed by atoms with Crippen molar-refractivity contribution in [3.05, 3.63) is 101 Å². The van der Waals surface area contributed by atoms with E-state index in [0.717, 1.165) is 22.2 Å². The van der Waals surface area contributed by atoms with Gasteiger partial charge >= 0.3 is 0 Å². The van der Waals surface area contributed by atoms with Gasteiger partial charge in [-0.3, -0.25) is 9.59 Å². The SMILES string of the molecule is CSCCN(Cc1ccc(-c2ccc3ncnc(Nc4ccc(OCc5cccc(F)c5)c(Cl)c4)c3c2)o1)C(=O)CCC(N)=O. The number of anilines is 2. The number of ether oxygens (including phenoxy) is 1. The van der Waals surface area contributed by atoms with Crippen molar-refractivity contribution in [1.82, 2.24) is 14.9 Å². The van der Waals surface area contributed by atoms with E-state index in [1.165, 1.54) is 18.5 Å². The van der Waals surface area contributed by atoms with E-state index >= 15 is 0 Å². The summed E-state index contributed by atoms with van der Waals surface area (Å²) in [5.41, 5.74) is 8.16. The fourth-order valence-corrected chi connectivity index (χ4v) is 5.26. The molecular formula is C33H31ClFN5O4S. The minimum Gasteiger partial charge on any atom is -0.487 e. The first kappa shape index (κ1) is 31.8. The molecule has 2 aromatic heterocycles. The van der Waals surface area contributed by atoms with E-state index < -0.39 is 5.91 Å². The highest BCUT2D eigenvalue weighted by atomic mass is 35.5. The number of primary amides is 1. The van der Waals surface area contributed by atoms with Crippen LogP contribution in [0.25, 0.3) is 22.2 Å². The van der Waals surface area contributed by atoms with E-state index in [4.69, 9.17) is 26.5 Å². The van der Waals surface area contributed by atoms with Crippen LogP contribution in [-0.2, 0) is 22.7 Å². The number of halogens is 2. The first-order chi connectivity index (χ1) is 21.8. The van der Waals surface area contributed by atoms with Crippen molar-refractivity contribution in [3.8, 4) is 17.1 Å². The van der Waals surface area contributed by atoms with Crippen LogP contribution in [0.15, 0.2) is 83.5 Å². The number of amides is 2. The van der Waals surface area contributed by atoms with E-state index in [2.05, 4.69) is 15.3 Å². The van der Waals surface area contributed by atoms with Gasteiger partial charge in [0, 0.05) is 41.8 Å². The lowest BCUT2D eigenvalue weighted by Crippen LogP contribution is -2.33. The Bertz CT molecular complexity index is 1820. The number of carbonyl (C=O) groups is 2. The largest absolute Gasteiger partial charge is 0.487 e. The van der Waals surface area contributed by atoms with Crippen molar-refractivity contribution in [2.24, 2.45) is 5.73 Å². The molecule has 5 aromatic rings. The number of benzene rings is 3. The smallest absolute Gasteiger partial charge is 0.223 e. The van der Waals surface area contributed by atoms with Crippen molar-refractivity contribution in [3.63, 3.8) is 0 Å². The summed E-state index contributed by atoms with van der Waals surface area (Å²) in [5, 5.41) is 4.46. The molecule has 0 saturated heterocycles. The number of thioether (sulfide) groups is 1. The molecule has 45 heavy (non-hydrogen) atoms. The number of hydrogen-bond acceptors (Lipinski definition) is 8. The molecule has 12 heteroatoms. The van der Waals surface area contributed by atoms with Gasteiger partial charge in [-0.25, -0.2) is 14.4 Å². The molecule has 2 amide bonds. The second-order valence-electron chi connectivity index (χ2n) is 10.2. The second-order valence-corrected chi connectivity index (χ2v) is 11.6. The molecule has 5 rings (SSSR count). The highest BCUT2D eigenvalue weighted by Gasteiger charge is 2.17. The number of nitrogens with zero attached hydrogens (tertiary/aromatic N) is 3. The maximum Gasteiger partial charge on any atom is 0.223 e. The lowest BCUT2D eigenvalue weighted by molar-refractivity contribution is -0.133. The van der Waals surface area contributed by atoms with E-state index in [0.29, 0.717) is 45.9 Å². The highest BCUT2D eigenvalue weighted by molar-refractivity contribution is 7.98. The van der Waals surface area contributed by atoms with Crippen LogP contribution in [-0.4, -0.2) is 45.2 Å². The van der Waals surface area contributed by atoms with Crippen LogP contribution in [0, 0.1) is 5.82 Å². The molecule has 0 spiro atoms. The number of rotatable bonds is 14. The zero-order valence-electron chi connectivity index (χ0n) is 24.5. The normalized spacial score (nSPS) is 11.0. The summed E-state index contributed by atoms with van der Waals surface area (Å²) in [7, 11) is 0. The fraction of sp³-hybridized carbons (Fsp3) is 0.212. The topological polar surface area (TPSA) is 124 Å². The third-order valence-electron chi connectivity index (χ3n) is 6.91. The van der Waals surface area contributed by atoms with Gasteiger partial charge in [0.1, 0.15) is 41.8 Å². The van der Waals surface area contributed by atoms with Gasteiger partial charge in [0.25, 0.3) is 0 Å². The summed E-state index contributed by atoms with van der Waals surface area (Å²) in [6.45, 7) is 0.991. The molecule has 9 nitrogen and oxygen atoms in total. The van der Waals surface area contributed by atoms with Gasteiger partial charge in [-0.1, -0.05) is 23.7 Å². The molecule has 0 aliphatic rings. The Morgan fingerprint density at radius 1 is 1.07 bits per heavy atom. The zero-order chi connectivity index (χ0) is 31.8. The van der Waals surface area contributed by atoms with Gasteiger partial charge in [0.05, 0.1) is 17.1 Å². The maximum atomic E-state index is 13.5. The number of aromatic nitrogens is 2. The summed E-state index contributed by atoms with van der Waals surface area (Å²) in [6.07, 6.45) is 3.52. The van der Waals surface area contributed by atoms with Gasteiger partial charge in [0.2, 0.25) is 11.8 Å². The van der Waals surface area contributed by atoms with Crippen molar-refractivity contribution in [2.75, 3.05) is 23.9 Å². The summed E-state index contributed by atoms with van der Waals surface area (Å²) >= 11 is 8.13. The lowest BCUT2D eigenvalue weighted by atomic mass is 10.1. The monoisotopic (exact) mass is 647 g/mol. The molecular weight excluding hydrogens is 617 g/mol. The number of nitrogens with two attached hydrogens (primary N) is 1. The van der Waals surface area contributed by atoms with E-state index in [9.17, 15) is 14.0 Å². The lowest BCUT2D eigenvalue weighted by Gasteiger charge is -2.21. The molecule has 0 bridgehead atoms. The van der Waals surface area contributed by atoms with Crippen molar-refractivity contribution in [1.29, 1.82) is 0 Å².